The average molecular weight is 317 g/mol. The van der Waals surface area contributed by atoms with Crippen molar-refractivity contribution in [1.82, 2.24) is 19.7 Å². The monoisotopic (exact) mass is 317 g/mol. The van der Waals surface area contributed by atoms with Gasteiger partial charge in [-0.3, -0.25) is 0 Å². The van der Waals surface area contributed by atoms with Gasteiger partial charge >= 0.3 is 6.03 Å². The SMILES string of the molecule is CC(C)n1ncc2cc(NC(=O)N3C[C@@H](C)O[C@@H](C)C3)cnc21. The maximum atomic E-state index is 12.4. The summed E-state index contributed by atoms with van der Waals surface area (Å²) in [6, 6.07) is 2.03. The number of nitrogens with one attached hydrogen (secondary N) is 1. The number of anilines is 1. The number of pyridine rings is 1. The highest BCUT2D eigenvalue weighted by Gasteiger charge is 2.26. The molecule has 2 amide bonds. The molecule has 2 aromatic rings. The van der Waals surface area contributed by atoms with Crippen molar-refractivity contribution in [1.29, 1.82) is 0 Å². The van der Waals surface area contributed by atoms with Crippen molar-refractivity contribution in [3.8, 4) is 0 Å². The summed E-state index contributed by atoms with van der Waals surface area (Å²) >= 11 is 0. The molecule has 0 aromatic carbocycles. The van der Waals surface area contributed by atoms with Gasteiger partial charge in [0, 0.05) is 24.5 Å². The molecule has 2 atom stereocenters. The van der Waals surface area contributed by atoms with E-state index < -0.39 is 0 Å². The van der Waals surface area contributed by atoms with E-state index in [1.807, 2.05) is 24.6 Å². The molecule has 1 saturated heterocycles. The molecule has 0 saturated carbocycles. The summed E-state index contributed by atoms with van der Waals surface area (Å²) < 4.78 is 7.52. The first-order valence-corrected chi connectivity index (χ1v) is 7.98. The summed E-state index contributed by atoms with van der Waals surface area (Å²) in [6.45, 7) is 9.26. The predicted octanol–water partition coefficient (Wildman–Crippen LogP) is 2.65. The van der Waals surface area contributed by atoms with Crippen LogP contribution in [0.25, 0.3) is 11.0 Å². The van der Waals surface area contributed by atoms with E-state index in [-0.39, 0.29) is 24.3 Å². The largest absolute Gasteiger partial charge is 0.372 e. The molecule has 0 bridgehead atoms. The zero-order valence-electron chi connectivity index (χ0n) is 14.0. The van der Waals surface area contributed by atoms with Crippen LogP contribution in [0, 0.1) is 0 Å². The molecule has 7 heteroatoms. The van der Waals surface area contributed by atoms with Crippen molar-refractivity contribution in [2.45, 2.75) is 45.9 Å². The summed E-state index contributed by atoms with van der Waals surface area (Å²) in [5, 5.41) is 8.17. The number of rotatable bonds is 2. The number of morpholine rings is 1. The Bertz CT molecular complexity index is 702. The third-order valence-corrected chi connectivity index (χ3v) is 3.88. The number of ether oxygens (including phenoxy) is 1. The second kappa shape index (κ2) is 6.16. The lowest BCUT2D eigenvalue weighted by Gasteiger charge is -2.35. The molecule has 23 heavy (non-hydrogen) atoms. The zero-order chi connectivity index (χ0) is 16.6. The molecule has 3 rings (SSSR count). The van der Waals surface area contributed by atoms with Gasteiger partial charge in [-0.05, 0) is 33.8 Å². The van der Waals surface area contributed by atoms with E-state index in [4.69, 9.17) is 4.74 Å². The molecule has 0 unspecified atom stereocenters. The molecule has 2 aromatic heterocycles. The standard InChI is InChI=1S/C16H23N5O2/c1-10(2)21-15-13(6-18-21)5-14(7-17-15)19-16(22)20-8-11(3)23-12(4)9-20/h5-7,10-12H,8-9H2,1-4H3,(H,19,22)/t11-,12+. The number of hydrogen-bond donors (Lipinski definition) is 1. The van der Waals surface area contributed by atoms with Gasteiger partial charge in [-0.15, -0.1) is 0 Å². The van der Waals surface area contributed by atoms with Crippen LogP contribution in [0.5, 0.6) is 0 Å². The average Bonchev–Trinajstić information content (AvgIpc) is 2.89. The van der Waals surface area contributed by atoms with Gasteiger partial charge in [-0.25, -0.2) is 14.5 Å². The molecule has 0 spiro atoms. The molecule has 7 nitrogen and oxygen atoms in total. The summed E-state index contributed by atoms with van der Waals surface area (Å²) in [7, 11) is 0. The second-order valence-electron chi connectivity index (χ2n) is 6.41. The quantitative estimate of drug-likeness (QED) is 0.924. The highest BCUT2D eigenvalue weighted by molar-refractivity contribution is 5.91. The van der Waals surface area contributed by atoms with Crippen LogP contribution >= 0.6 is 0 Å². The molecule has 1 N–H and O–H groups in total. The molecule has 124 valence electrons. The van der Waals surface area contributed by atoms with E-state index in [0.29, 0.717) is 18.8 Å². The molecular formula is C16H23N5O2. The Morgan fingerprint density at radius 1 is 1.30 bits per heavy atom. The Kier molecular flexibility index (Phi) is 4.21. The number of carbonyl (C=O) groups is 1. The molecule has 1 aliphatic heterocycles. The Balaban J connectivity index is 1.75. The Hall–Kier alpha value is -2.15. The number of carbonyl (C=O) groups excluding carboxylic acids is 1. The topological polar surface area (TPSA) is 72.3 Å². The minimum absolute atomic E-state index is 0.0504. The zero-order valence-corrected chi connectivity index (χ0v) is 14.0. The lowest BCUT2D eigenvalue weighted by molar-refractivity contribution is -0.0530. The van der Waals surface area contributed by atoms with Crippen LogP contribution in [0.15, 0.2) is 18.5 Å². The number of nitrogens with zero attached hydrogens (tertiary/aromatic N) is 4. The second-order valence-corrected chi connectivity index (χ2v) is 6.41. The highest BCUT2D eigenvalue weighted by atomic mass is 16.5. The van der Waals surface area contributed by atoms with E-state index in [1.165, 1.54) is 0 Å². The number of aromatic nitrogens is 3. The van der Waals surface area contributed by atoms with Gasteiger partial charge in [0.2, 0.25) is 0 Å². The van der Waals surface area contributed by atoms with Crippen molar-refractivity contribution in [3.05, 3.63) is 18.5 Å². The fourth-order valence-electron chi connectivity index (χ4n) is 2.93. The highest BCUT2D eigenvalue weighted by Crippen LogP contribution is 2.20. The fourth-order valence-corrected chi connectivity index (χ4v) is 2.93. The molecule has 1 fully saturated rings. The molecule has 0 aliphatic carbocycles. The minimum Gasteiger partial charge on any atom is -0.372 e. The lowest BCUT2D eigenvalue weighted by Crippen LogP contribution is -2.49. The number of urea groups is 1. The van der Waals surface area contributed by atoms with Crippen LogP contribution in [0.4, 0.5) is 10.5 Å². The molecule has 1 aliphatic rings. The van der Waals surface area contributed by atoms with Crippen molar-refractivity contribution in [2.75, 3.05) is 18.4 Å². The molecular weight excluding hydrogens is 294 g/mol. The number of fused-ring (bicyclic) bond motifs is 1. The van der Waals surface area contributed by atoms with E-state index in [0.717, 1.165) is 11.0 Å². The van der Waals surface area contributed by atoms with Crippen LogP contribution in [0.2, 0.25) is 0 Å². The first-order valence-electron chi connectivity index (χ1n) is 7.98. The van der Waals surface area contributed by atoms with Gasteiger partial charge in [0.15, 0.2) is 5.65 Å². The van der Waals surface area contributed by atoms with Gasteiger partial charge in [-0.1, -0.05) is 0 Å². The predicted molar refractivity (Wildman–Crippen MR) is 88.5 cm³/mol. The van der Waals surface area contributed by atoms with Crippen LogP contribution in [0.3, 0.4) is 0 Å². The summed E-state index contributed by atoms with van der Waals surface area (Å²) in [5.74, 6) is 0. The Labute approximate surface area is 135 Å². The van der Waals surface area contributed by atoms with Crippen LogP contribution in [0.1, 0.15) is 33.7 Å². The summed E-state index contributed by atoms with van der Waals surface area (Å²) in [5.41, 5.74) is 1.50. The van der Waals surface area contributed by atoms with Crippen molar-refractivity contribution in [2.24, 2.45) is 0 Å². The van der Waals surface area contributed by atoms with Gasteiger partial charge < -0.3 is 15.0 Å². The summed E-state index contributed by atoms with van der Waals surface area (Å²) in [4.78, 5) is 18.6. The lowest BCUT2D eigenvalue weighted by atomic mass is 10.2. The Morgan fingerprint density at radius 3 is 2.65 bits per heavy atom. The number of amides is 2. The third-order valence-electron chi connectivity index (χ3n) is 3.88. The van der Waals surface area contributed by atoms with Gasteiger partial charge in [0.05, 0.1) is 30.3 Å². The minimum atomic E-state index is -0.121. The fraction of sp³-hybridized carbons (Fsp3) is 0.562. The first-order chi connectivity index (χ1) is 10.9. The van der Waals surface area contributed by atoms with Crippen LogP contribution in [-0.4, -0.2) is 51.0 Å². The Morgan fingerprint density at radius 2 is 2.00 bits per heavy atom. The maximum Gasteiger partial charge on any atom is 0.322 e. The molecule has 3 heterocycles. The van der Waals surface area contributed by atoms with E-state index in [9.17, 15) is 4.79 Å². The van der Waals surface area contributed by atoms with E-state index in [2.05, 4.69) is 29.2 Å². The normalized spacial score (nSPS) is 21.9. The number of hydrogen-bond acceptors (Lipinski definition) is 4. The van der Waals surface area contributed by atoms with Crippen LogP contribution in [-0.2, 0) is 4.74 Å². The van der Waals surface area contributed by atoms with E-state index in [1.54, 1.807) is 17.3 Å². The van der Waals surface area contributed by atoms with Gasteiger partial charge in [-0.2, -0.15) is 5.10 Å². The van der Waals surface area contributed by atoms with Gasteiger partial charge in [0.25, 0.3) is 0 Å². The smallest absolute Gasteiger partial charge is 0.322 e. The van der Waals surface area contributed by atoms with Gasteiger partial charge in [0.1, 0.15) is 0 Å². The van der Waals surface area contributed by atoms with Crippen molar-refractivity contribution >= 4 is 22.8 Å². The molecule has 0 radical (unpaired) electrons. The summed E-state index contributed by atoms with van der Waals surface area (Å²) in [6.07, 6.45) is 3.55. The van der Waals surface area contributed by atoms with E-state index >= 15 is 0 Å². The van der Waals surface area contributed by atoms with Crippen molar-refractivity contribution in [3.63, 3.8) is 0 Å². The maximum absolute atomic E-state index is 12.4. The first kappa shape index (κ1) is 15.7. The van der Waals surface area contributed by atoms with Crippen LogP contribution < -0.4 is 5.32 Å². The van der Waals surface area contributed by atoms with Crippen molar-refractivity contribution < 1.29 is 9.53 Å². The third kappa shape index (κ3) is 3.29.